The van der Waals surface area contributed by atoms with Crippen LogP contribution in [-0.4, -0.2) is 13.2 Å². The second-order valence-corrected chi connectivity index (χ2v) is 5.54. The van der Waals surface area contributed by atoms with Crippen LogP contribution < -0.4 is 10.1 Å². The maximum atomic E-state index is 5.81. The lowest BCUT2D eigenvalue weighted by atomic mass is 10.1. The molecule has 0 spiro atoms. The van der Waals surface area contributed by atoms with Crippen molar-refractivity contribution in [3.8, 4) is 5.75 Å². The fourth-order valence-corrected chi connectivity index (χ4v) is 2.24. The largest absolute Gasteiger partial charge is 0.491 e. The molecule has 2 nitrogen and oxygen atoms in total. The molecule has 114 valence electrons. The number of hydrogen-bond donors (Lipinski definition) is 1. The van der Waals surface area contributed by atoms with Gasteiger partial charge in [0.05, 0.1) is 12.3 Å². The zero-order valence-corrected chi connectivity index (χ0v) is 13.5. The molecular formula is C18H31NO. The van der Waals surface area contributed by atoms with Gasteiger partial charge in [0, 0.05) is 6.54 Å². The van der Waals surface area contributed by atoms with E-state index in [-0.39, 0.29) is 0 Å². The quantitative estimate of drug-likeness (QED) is 0.535. The Balaban J connectivity index is 2.31. The molecule has 0 atom stereocenters. The summed E-state index contributed by atoms with van der Waals surface area (Å²) in [6, 6.07) is 6.40. The molecule has 0 fully saturated rings. The van der Waals surface area contributed by atoms with Crippen molar-refractivity contribution in [2.75, 3.05) is 18.5 Å². The standard InChI is InChI=1S/C18H31NO/c1-4-6-7-8-9-10-13-19-17-12-11-16(3)15-18(17)20-14-5-2/h11-12,15,19H,4-10,13-14H2,1-3H3. The van der Waals surface area contributed by atoms with E-state index < -0.39 is 0 Å². The van der Waals surface area contributed by atoms with Gasteiger partial charge in [0.25, 0.3) is 0 Å². The second-order valence-electron chi connectivity index (χ2n) is 5.54. The van der Waals surface area contributed by atoms with Crippen LogP contribution in [0.5, 0.6) is 5.75 Å². The zero-order chi connectivity index (χ0) is 14.6. The summed E-state index contributed by atoms with van der Waals surface area (Å²) in [6.07, 6.45) is 9.05. The number of unbranched alkanes of at least 4 members (excludes halogenated alkanes) is 5. The van der Waals surface area contributed by atoms with Gasteiger partial charge in [-0.25, -0.2) is 0 Å². The highest BCUT2D eigenvalue weighted by atomic mass is 16.5. The Morgan fingerprint density at radius 2 is 1.70 bits per heavy atom. The highest BCUT2D eigenvalue weighted by molar-refractivity contribution is 5.57. The van der Waals surface area contributed by atoms with E-state index >= 15 is 0 Å². The number of anilines is 1. The molecule has 1 rings (SSSR count). The van der Waals surface area contributed by atoms with Gasteiger partial charge in [0.2, 0.25) is 0 Å². The van der Waals surface area contributed by atoms with E-state index in [4.69, 9.17) is 4.74 Å². The third kappa shape index (κ3) is 6.83. The second kappa shape index (κ2) is 10.6. The van der Waals surface area contributed by atoms with Crippen molar-refractivity contribution in [2.45, 2.75) is 65.7 Å². The van der Waals surface area contributed by atoms with E-state index in [1.54, 1.807) is 0 Å². The van der Waals surface area contributed by atoms with Gasteiger partial charge in [-0.05, 0) is 37.5 Å². The van der Waals surface area contributed by atoms with Gasteiger partial charge < -0.3 is 10.1 Å². The average Bonchev–Trinajstić information content (AvgIpc) is 2.45. The number of benzene rings is 1. The Kier molecular flexibility index (Phi) is 8.93. The number of rotatable bonds is 11. The van der Waals surface area contributed by atoms with Crippen molar-refractivity contribution in [2.24, 2.45) is 0 Å². The first-order valence-corrected chi connectivity index (χ1v) is 8.25. The summed E-state index contributed by atoms with van der Waals surface area (Å²) in [7, 11) is 0. The Hall–Kier alpha value is -1.18. The molecule has 0 unspecified atom stereocenters. The van der Waals surface area contributed by atoms with E-state index in [9.17, 15) is 0 Å². The number of aryl methyl sites for hydroxylation is 1. The normalized spacial score (nSPS) is 10.6. The fraction of sp³-hybridized carbons (Fsp3) is 0.667. The highest BCUT2D eigenvalue weighted by Crippen LogP contribution is 2.26. The van der Waals surface area contributed by atoms with Gasteiger partial charge in [-0.15, -0.1) is 0 Å². The summed E-state index contributed by atoms with van der Waals surface area (Å²) in [4.78, 5) is 0. The molecule has 2 heteroatoms. The van der Waals surface area contributed by atoms with Gasteiger partial charge in [-0.2, -0.15) is 0 Å². The van der Waals surface area contributed by atoms with Crippen LogP contribution in [-0.2, 0) is 0 Å². The predicted molar refractivity (Wildman–Crippen MR) is 88.8 cm³/mol. The van der Waals surface area contributed by atoms with Gasteiger partial charge in [-0.3, -0.25) is 0 Å². The maximum absolute atomic E-state index is 5.81. The lowest BCUT2D eigenvalue weighted by Gasteiger charge is -2.13. The molecule has 0 aliphatic rings. The third-order valence-corrected chi connectivity index (χ3v) is 3.44. The van der Waals surface area contributed by atoms with Gasteiger partial charge in [0.1, 0.15) is 5.75 Å². The minimum absolute atomic E-state index is 0.787. The first-order chi connectivity index (χ1) is 9.77. The summed E-state index contributed by atoms with van der Waals surface area (Å²) in [5.41, 5.74) is 2.39. The molecule has 20 heavy (non-hydrogen) atoms. The monoisotopic (exact) mass is 277 g/mol. The minimum Gasteiger partial charge on any atom is -0.491 e. The van der Waals surface area contributed by atoms with E-state index in [2.05, 4.69) is 44.3 Å². The molecule has 0 aliphatic heterocycles. The van der Waals surface area contributed by atoms with Crippen molar-refractivity contribution in [1.82, 2.24) is 0 Å². The van der Waals surface area contributed by atoms with E-state index in [1.165, 1.54) is 44.1 Å². The van der Waals surface area contributed by atoms with Crippen LogP contribution >= 0.6 is 0 Å². The molecule has 0 aliphatic carbocycles. The molecule has 0 saturated carbocycles. The fourth-order valence-electron chi connectivity index (χ4n) is 2.24. The Labute approximate surface area is 124 Å². The van der Waals surface area contributed by atoms with Crippen molar-refractivity contribution < 1.29 is 4.74 Å². The molecule has 0 aromatic heterocycles. The van der Waals surface area contributed by atoms with Crippen LogP contribution in [0.1, 0.15) is 64.4 Å². The van der Waals surface area contributed by atoms with Crippen molar-refractivity contribution in [3.63, 3.8) is 0 Å². The first kappa shape index (κ1) is 16.9. The molecule has 0 saturated heterocycles. The molecule has 0 radical (unpaired) electrons. The van der Waals surface area contributed by atoms with Crippen molar-refractivity contribution >= 4 is 5.69 Å². The molecule has 0 bridgehead atoms. The third-order valence-electron chi connectivity index (χ3n) is 3.44. The van der Waals surface area contributed by atoms with E-state index in [0.717, 1.165) is 31.0 Å². The Bertz CT molecular complexity index is 362. The summed E-state index contributed by atoms with van der Waals surface area (Å²) < 4.78 is 5.81. The molecule has 1 aromatic rings. The van der Waals surface area contributed by atoms with Crippen LogP contribution in [0.15, 0.2) is 18.2 Å². The van der Waals surface area contributed by atoms with Crippen LogP contribution in [0.2, 0.25) is 0 Å². The average molecular weight is 277 g/mol. The van der Waals surface area contributed by atoms with E-state index in [1.807, 2.05) is 0 Å². The number of ether oxygens (including phenoxy) is 1. The van der Waals surface area contributed by atoms with Crippen molar-refractivity contribution in [3.05, 3.63) is 23.8 Å². The summed E-state index contributed by atoms with van der Waals surface area (Å²) in [5.74, 6) is 0.998. The predicted octanol–water partition coefficient (Wildman–Crippen LogP) is 5.56. The van der Waals surface area contributed by atoms with Crippen molar-refractivity contribution in [1.29, 1.82) is 0 Å². The number of nitrogens with one attached hydrogen (secondary N) is 1. The molecule has 0 heterocycles. The Morgan fingerprint density at radius 3 is 2.45 bits per heavy atom. The summed E-state index contributed by atoms with van der Waals surface area (Å²) >= 11 is 0. The lowest BCUT2D eigenvalue weighted by Crippen LogP contribution is -2.05. The van der Waals surface area contributed by atoms with Crippen LogP contribution in [0.25, 0.3) is 0 Å². The highest BCUT2D eigenvalue weighted by Gasteiger charge is 2.03. The minimum atomic E-state index is 0.787. The Morgan fingerprint density at radius 1 is 0.950 bits per heavy atom. The van der Waals surface area contributed by atoms with Gasteiger partial charge in [0.15, 0.2) is 0 Å². The van der Waals surface area contributed by atoms with Gasteiger partial charge >= 0.3 is 0 Å². The maximum Gasteiger partial charge on any atom is 0.142 e. The van der Waals surface area contributed by atoms with Crippen LogP contribution in [0.3, 0.4) is 0 Å². The lowest BCUT2D eigenvalue weighted by molar-refractivity contribution is 0.318. The van der Waals surface area contributed by atoms with Crippen LogP contribution in [0, 0.1) is 6.92 Å². The first-order valence-electron chi connectivity index (χ1n) is 8.25. The van der Waals surface area contributed by atoms with E-state index in [0.29, 0.717) is 0 Å². The smallest absolute Gasteiger partial charge is 0.142 e. The van der Waals surface area contributed by atoms with Gasteiger partial charge in [-0.1, -0.05) is 52.0 Å². The zero-order valence-electron chi connectivity index (χ0n) is 13.5. The molecule has 0 amide bonds. The molecule has 1 aromatic carbocycles. The number of hydrogen-bond acceptors (Lipinski definition) is 2. The molecule has 1 N–H and O–H groups in total. The summed E-state index contributed by atoms with van der Waals surface area (Å²) in [5, 5.41) is 3.52. The SMILES string of the molecule is CCCCCCCCNc1ccc(C)cc1OCCC. The molecular weight excluding hydrogens is 246 g/mol. The summed E-state index contributed by atoms with van der Waals surface area (Å²) in [6.45, 7) is 8.33. The topological polar surface area (TPSA) is 21.3 Å². The van der Waals surface area contributed by atoms with Crippen LogP contribution in [0.4, 0.5) is 5.69 Å².